The second-order valence-corrected chi connectivity index (χ2v) is 6.73. The monoisotopic (exact) mass is 341 g/mol. The van der Waals surface area contributed by atoms with Gasteiger partial charge in [-0.2, -0.15) is 0 Å². The number of likely N-dealkylation sites (tertiary alicyclic amines) is 1. The standard InChI is InChI=1S/C21H28N2O2/c1-24-19-9-6-10-20(16-19)25-15-5-4-14-23-13-3-2-11-21(23)18-8-7-12-22-17-18/h6-10,12,16-17,21H,2-5,11,13-15H2,1H3/p+1/t21-/m1/s1. The molecule has 1 aromatic carbocycles. The number of piperidine rings is 1. The molecule has 1 aliphatic heterocycles. The van der Waals surface area contributed by atoms with Gasteiger partial charge in [-0.15, -0.1) is 0 Å². The predicted octanol–water partition coefficient (Wildman–Crippen LogP) is 3.06. The van der Waals surface area contributed by atoms with E-state index in [0.29, 0.717) is 6.04 Å². The van der Waals surface area contributed by atoms with Gasteiger partial charge in [0.25, 0.3) is 0 Å². The molecule has 0 bridgehead atoms. The Morgan fingerprint density at radius 2 is 2.04 bits per heavy atom. The number of ether oxygens (including phenoxy) is 2. The van der Waals surface area contributed by atoms with Gasteiger partial charge < -0.3 is 14.4 Å². The summed E-state index contributed by atoms with van der Waals surface area (Å²) in [4.78, 5) is 6.02. The van der Waals surface area contributed by atoms with Crippen LogP contribution in [0.25, 0.3) is 0 Å². The van der Waals surface area contributed by atoms with Crippen molar-refractivity contribution < 1.29 is 14.4 Å². The molecule has 4 heteroatoms. The fraction of sp³-hybridized carbons (Fsp3) is 0.476. The molecule has 1 aliphatic rings. The number of nitrogens with one attached hydrogen (secondary N) is 1. The van der Waals surface area contributed by atoms with E-state index in [4.69, 9.17) is 9.47 Å². The molecule has 0 amide bonds. The molecule has 25 heavy (non-hydrogen) atoms. The summed E-state index contributed by atoms with van der Waals surface area (Å²) in [6.07, 6.45) is 10.1. The summed E-state index contributed by atoms with van der Waals surface area (Å²) in [7, 11) is 1.68. The van der Waals surface area contributed by atoms with E-state index in [-0.39, 0.29) is 0 Å². The van der Waals surface area contributed by atoms with Crippen molar-refractivity contribution in [3.63, 3.8) is 0 Å². The number of unbranched alkanes of at least 4 members (excludes halogenated alkanes) is 1. The first kappa shape index (κ1) is 17.7. The quantitative estimate of drug-likeness (QED) is 0.750. The molecule has 2 atom stereocenters. The van der Waals surface area contributed by atoms with Gasteiger partial charge in [0, 0.05) is 30.4 Å². The Balaban J connectivity index is 1.42. The number of pyridine rings is 1. The summed E-state index contributed by atoms with van der Waals surface area (Å²) in [6.45, 7) is 3.25. The van der Waals surface area contributed by atoms with Crippen LogP contribution in [0.5, 0.6) is 11.5 Å². The van der Waals surface area contributed by atoms with Crippen molar-refractivity contribution in [1.29, 1.82) is 0 Å². The zero-order chi connectivity index (χ0) is 17.3. The lowest BCUT2D eigenvalue weighted by Crippen LogP contribution is -3.13. The molecule has 0 spiro atoms. The lowest BCUT2D eigenvalue weighted by atomic mass is 9.96. The van der Waals surface area contributed by atoms with Crippen molar-refractivity contribution in [2.24, 2.45) is 0 Å². The second kappa shape index (κ2) is 9.42. The largest absolute Gasteiger partial charge is 0.497 e. The predicted molar refractivity (Wildman–Crippen MR) is 99.2 cm³/mol. The number of quaternary nitrogens is 1. The molecule has 4 nitrogen and oxygen atoms in total. The van der Waals surface area contributed by atoms with Crippen molar-refractivity contribution in [2.75, 3.05) is 26.8 Å². The van der Waals surface area contributed by atoms with Gasteiger partial charge in [-0.1, -0.05) is 12.1 Å². The van der Waals surface area contributed by atoms with Crippen LogP contribution in [-0.2, 0) is 0 Å². The molecule has 1 fully saturated rings. The number of hydrogen-bond donors (Lipinski definition) is 1. The second-order valence-electron chi connectivity index (χ2n) is 6.73. The van der Waals surface area contributed by atoms with Gasteiger partial charge in [0.05, 0.1) is 26.8 Å². The molecule has 134 valence electrons. The maximum Gasteiger partial charge on any atom is 0.122 e. The van der Waals surface area contributed by atoms with Crippen LogP contribution >= 0.6 is 0 Å². The topological polar surface area (TPSA) is 35.8 Å². The average molecular weight is 341 g/mol. The zero-order valence-corrected chi connectivity index (χ0v) is 15.1. The van der Waals surface area contributed by atoms with Gasteiger partial charge in [-0.05, 0) is 43.9 Å². The van der Waals surface area contributed by atoms with Gasteiger partial charge in [-0.25, -0.2) is 0 Å². The number of benzene rings is 1. The van der Waals surface area contributed by atoms with Gasteiger partial charge in [0.15, 0.2) is 0 Å². The first-order chi connectivity index (χ1) is 12.4. The Bertz CT molecular complexity index is 633. The molecule has 1 aromatic heterocycles. The van der Waals surface area contributed by atoms with E-state index in [1.54, 1.807) is 12.0 Å². The molecule has 3 rings (SSSR count). The molecule has 1 N–H and O–H groups in total. The highest BCUT2D eigenvalue weighted by Gasteiger charge is 2.27. The minimum Gasteiger partial charge on any atom is -0.497 e. The highest BCUT2D eigenvalue weighted by Crippen LogP contribution is 2.20. The van der Waals surface area contributed by atoms with Crippen LogP contribution < -0.4 is 14.4 Å². The number of nitrogens with zero attached hydrogens (tertiary/aromatic N) is 1. The Hall–Kier alpha value is -2.07. The molecular weight excluding hydrogens is 312 g/mol. The summed E-state index contributed by atoms with van der Waals surface area (Å²) >= 11 is 0. The van der Waals surface area contributed by atoms with E-state index in [0.717, 1.165) is 24.5 Å². The lowest BCUT2D eigenvalue weighted by Gasteiger charge is -2.32. The minimum absolute atomic E-state index is 0.613. The Morgan fingerprint density at radius 1 is 1.12 bits per heavy atom. The van der Waals surface area contributed by atoms with E-state index in [9.17, 15) is 0 Å². The van der Waals surface area contributed by atoms with E-state index >= 15 is 0 Å². The molecule has 1 unspecified atom stereocenters. The molecule has 0 aliphatic carbocycles. The molecule has 0 saturated carbocycles. The van der Waals surface area contributed by atoms with Gasteiger partial charge in [-0.3, -0.25) is 4.98 Å². The maximum absolute atomic E-state index is 5.85. The Kier molecular flexibility index (Phi) is 6.69. The summed E-state index contributed by atoms with van der Waals surface area (Å²) in [5.41, 5.74) is 1.39. The number of methoxy groups -OCH3 is 1. The number of aromatic nitrogens is 1. The molecular formula is C21H29N2O2+. The first-order valence-corrected chi connectivity index (χ1v) is 9.38. The lowest BCUT2D eigenvalue weighted by molar-refractivity contribution is -0.937. The van der Waals surface area contributed by atoms with Crippen molar-refractivity contribution in [3.05, 3.63) is 54.4 Å². The van der Waals surface area contributed by atoms with Crippen LogP contribution in [0.2, 0.25) is 0 Å². The van der Waals surface area contributed by atoms with Crippen LogP contribution in [0.3, 0.4) is 0 Å². The van der Waals surface area contributed by atoms with Crippen LogP contribution in [0.15, 0.2) is 48.8 Å². The van der Waals surface area contributed by atoms with Gasteiger partial charge in [0.1, 0.15) is 17.5 Å². The van der Waals surface area contributed by atoms with Crippen molar-refractivity contribution in [3.8, 4) is 11.5 Å². The Morgan fingerprint density at radius 3 is 2.88 bits per heavy atom. The van der Waals surface area contributed by atoms with E-state index in [2.05, 4.69) is 17.1 Å². The molecule has 0 radical (unpaired) electrons. The van der Waals surface area contributed by atoms with Crippen LogP contribution in [0.1, 0.15) is 43.7 Å². The Labute approximate surface area is 150 Å². The number of hydrogen-bond acceptors (Lipinski definition) is 3. The summed E-state index contributed by atoms with van der Waals surface area (Å²) < 4.78 is 11.1. The summed E-state index contributed by atoms with van der Waals surface area (Å²) in [5, 5.41) is 0. The normalized spacial score (nSPS) is 20.2. The third-order valence-electron chi connectivity index (χ3n) is 5.02. The van der Waals surface area contributed by atoms with E-state index in [1.807, 2.05) is 36.7 Å². The van der Waals surface area contributed by atoms with Crippen molar-refractivity contribution >= 4 is 0 Å². The highest BCUT2D eigenvalue weighted by atomic mass is 16.5. The maximum atomic E-state index is 5.85. The summed E-state index contributed by atoms with van der Waals surface area (Å²) in [6, 6.07) is 12.7. The minimum atomic E-state index is 0.613. The van der Waals surface area contributed by atoms with Crippen LogP contribution in [0, 0.1) is 0 Å². The van der Waals surface area contributed by atoms with Gasteiger partial charge >= 0.3 is 0 Å². The summed E-state index contributed by atoms with van der Waals surface area (Å²) in [5.74, 6) is 1.73. The molecule has 2 aromatic rings. The van der Waals surface area contributed by atoms with Crippen LogP contribution in [0.4, 0.5) is 0 Å². The van der Waals surface area contributed by atoms with Crippen molar-refractivity contribution in [1.82, 2.24) is 4.98 Å². The zero-order valence-electron chi connectivity index (χ0n) is 15.1. The number of rotatable bonds is 8. The average Bonchev–Trinajstić information content (AvgIpc) is 2.69. The highest BCUT2D eigenvalue weighted by molar-refractivity contribution is 5.32. The molecule has 2 heterocycles. The van der Waals surface area contributed by atoms with Gasteiger partial charge in [0.2, 0.25) is 0 Å². The first-order valence-electron chi connectivity index (χ1n) is 9.38. The third-order valence-corrected chi connectivity index (χ3v) is 5.02. The SMILES string of the molecule is COc1cccc(OCCCC[NH+]2CCCC[C@@H]2c2cccnc2)c1. The van der Waals surface area contributed by atoms with E-state index in [1.165, 1.54) is 44.3 Å². The third kappa shape index (κ3) is 5.20. The fourth-order valence-electron chi connectivity index (χ4n) is 3.70. The smallest absolute Gasteiger partial charge is 0.122 e. The van der Waals surface area contributed by atoms with Crippen molar-refractivity contribution in [2.45, 2.75) is 38.1 Å². The fourth-order valence-corrected chi connectivity index (χ4v) is 3.70. The molecule has 1 saturated heterocycles. The van der Waals surface area contributed by atoms with Crippen LogP contribution in [-0.4, -0.2) is 31.8 Å². The van der Waals surface area contributed by atoms with E-state index < -0.39 is 0 Å².